The molecular weight excluding hydrogens is 310 g/mol. The van der Waals surface area contributed by atoms with E-state index in [0.717, 1.165) is 15.8 Å². The molecule has 19 heavy (non-hydrogen) atoms. The molecule has 0 aliphatic carbocycles. The van der Waals surface area contributed by atoms with E-state index in [1.807, 2.05) is 32.0 Å². The van der Waals surface area contributed by atoms with Gasteiger partial charge in [-0.2, -0.15) is 0 Å². The number of carboxylic acids is 1. The van der Waals surface area contributed by atoms with Crippen LogP contribution >= 0.6 is 15.9 Å². The number of hydrogen-bond acceptors (Lipinski definition) is 3. The van der Waals surface area contributed by atoms with Gasteiger partial charge < -0.3 is 15.2 Å². The first-order valence-electron chi connectivity index (χ1n) is 6.22. The highest BCUT2D eigenvalue weighted by atomic mass is 79.9. The van der Waals surface area contributed by atoms with Crippen LogP contribution in [0.1, 0.15) is 25.8 Å². The number of ether oxygens (including phenoxy) is 1. The van der Waals surface area contributed by atoms with E-state index in [1.165, 1.54) is 0 Å². The minimum Gasteiger partial charge on any atom is -0.497 e. The molecule has 106 valence electrons. The van der Waals surface area contributed by atoms with Crippen LogP contribution in [0.25, 0.3) is 0 Å². The van der Waals surface area contributed by atoms with Gasteiger partial charge in [0.05, 0.1) is 7.11 Å². The van der Waals surface area contributed by atoms with Gasteiger partial charge >= 0.3 is 5.97 Å². The van der Waals surface area contributed by atoms with E-state index in [2.05, 4.69) is 21.2 Å². The lowest BCUT2D eigenvalue weighted by molar-refractivity contribution is -0.140. The van der Waals surface area contributed by atoms with Crippen LogP contribution in [0.2, 0.25) is 0 Å². The van der Waals surface area contributed by atoms with Crippen molar-refractivity contribution in [1.29, 1.82) is 0 Å². The van der Waals surface area contributed by atoms with Crippen molar-refractivity contribution >= 4 is 21.9 Å². The van der Waals surface area contributed by atoms with Crippen LogP contribution in [-0.2, 0) is 11.3 Å². The molecule has 2 N–H and O–H groups in total. The maximum absolute atomic E-state index is 11.1. The number of nitrogens with one attached hydrogen (secondary N) is 1. The Morgan fingerprint density at radius 2 is 2.16 bits per heavy atom. The summed E-state index contributed by atoms with van der Waals surface area (Å²) in [4.78, 5) is 11.1. The first-order valence-corrected chi connectivity index (χ1v) is 7.02. The van der Waals surface area contributed by atoms with Crippen molar-refractivity contribution in [1.82, 2.24) is 5.32 Å². The molecule has 1 rings (SSSR count). The number of aliphatic carboxylic acids is 1. The fraction of sp³-hybridized carbons (Fsp3) is 0.500. The van der Waals surface area contributed by atoms with Gasteiger partial charge in [-0.3, -0.25) is 4.79 Å². The molecule has 0 saturated carbocycles. The van der Waals surface area contributed by atoms with Crippen molar-refractivity contribution < 1.29 is 14.6 Å². The highest BCUT2D eigenvalue weighted by Crippen LogP contribution is 2.23. The minimum absolute atomic E-state index is 0.341. The van der Waals surface area contributed by atoms with Gasteiger partial charge in [-0.25, -0.2) is 0 Å². The predicted octanol–water partition coefficient (Wildman–Crippen LogP) is 3.05. The number of methoxy groups -OCH3 is 1. The molecule has 5 heteroatoms. The maximum Gasteiger partial charge on any atom is 0.320 e. The van der Waals surface area contributed by atoms with Crippen molar-refractivity contribution in [2.45, 2.75) is 32.9 Å². The Kier molecular flexibility index (Phi) is 6.31. The van der Waals surface area contributed by atoms with Crippen LogP contribution in [0.4, 0.5) is 0 Å². The van der Waals surface area contributed by atoms with Gasteiger partial charge in [-0.05, 0) is 30.0 Å². The molecule has 0 heterocycles. The molecule has 1 atom stereocenters. The summed E-state index contributed by atoms with van der Waals surface area (Å²) in [6.45, 7) is 4.54. The zero-order valence-corrected chi connectivity index (χ0v) is 13.0. The molecule has 0 saturated heterocycles. The first-order chi connectivity index (χ1) is 8.93. The van der Waals surface area contributed by atoms with Crippen LogP contribution in [-0.4, -0.2) is 24.2 Å². The van der Waals surface area contributed by atoms with Gasteiger partial charge in [0.25, 0.3) is 0 Å². The zero-order valence-electron chi connectivity index (χ0n) is 11.4. The second-order valence-corrected chi connectivity index (χ2v) is 5.71. The summed E-state index contributed by atoms with van der Waals surface area (Å²) in [6, 6.07) is 5.13. The summed E-state index contributed by atoms with van der Waals surface area (Å²) in [6.07, 6.45) is 0.614. The van der Waals surface area contributed by atoms with Gasteiger partial charge in [0.1, 0.15) is 11.8 Å². The van der Waals surface area contributed by atoms with Crippen LogP contribution in [0.5, 0.6) is 5.75 Å². The predicted molar refractivity (Wildman–Crippen MR) is 78.4 cm³/mol. The third-order valence-electron chi connectivity index (χ3n) is 2.80. The molecule has 0 aliphatic heterocycles. The summed E-state index contributed by atoms with van der Waals surface area (Å²) >= 11 is 3.46. The molecule has 0 radical (unpaired) electrons. The molecule has 0 aliphatic rings. The molecule has 0 spiro atoms. The Morgan fingerprint density at radius 1 is 1.47 bits per heavy atom. The average Bonchev–Trinajstić information content (AvgIpc) is 2.34. The van der Waals surface area contributed by atoms with Crippen molar-refractivity contribution in [3.05, 3.63) is 28.2 Å². The van der Waals surface area contributed by atoms with Crippen LogP contribution < -0.4 is 10.1 Å². The number of rotatable bonds is 7. The van der Waals surface area contributed by atoms with Crippen molar-refractivity contribution in [3.63, 3.8) is 0 Å². The Bertz CT molecular complexity index is 435. The normalized spacial score (nSPS) is 12.5. The van der Waals surface area contributed by atoms with Crippen LogP contribution in [0.15, 0.2) is 22.7 Å². The van der Waals surface area contributed by atoms with E-state index in [4.69, 9.17) is 9.84 Å². The van der Waals surface area contributed by atoms with Crippen LogP contribution in [0, 0.1) is 5.92 Å². The number of halogens is 1. The van der Waals surface area contributed by atoms with E-state index in [0.29, 0.717) is 18.9 Å². The van der Waals surface area contributed by atoms with Gasteiger partial charge in [-0.1, -0.05) is 35.8 Å². The topological polar surface area (TPSA) is 58.6 Å². The average molecular weight is 330 g/mol. The smallest absolute Gasteiger partial charge is 0.320 e. The maximum atomic E-state index is 11.1. The fourth-order valence-corrected chi connectivity index (χ4v) is 2.27. The molecule has 0 aromatic heterocycles. The van der Waals surface area contributed by atoms with Crippen LogP contribution in [0.3, 0.4) is 0 Å². The minimum atomic E-state index is -0.807. The lowest BCUT2D eigenvalue weighted by Gasteiger charge is -2.17. The highest BCUT2D eigenvalue weighted by molar-refractivity contribution is 9.10. The molecule has 0 bridgehead atoms. The highest BCUT2D eigenvalue weighted by Gasteiger charge is 2.18. The van der Waals surface area contributed by atoms with E-state index in [9.17, 15) is 4.79 Å². The second kappa shape index (κ2) is 7.50. The molecule has 0 unspecified atom stereocenters. The number of benzene rings is 1. The molecule has 4 nitrogen and oxygen atoms in total. The zero-order chi connectivity index (χ0) is 14.4. The van der Waals surface area contributed by atoms with Gasteiger partial charge in [-0.15, -0.1) is 0 Å². The summed E-state index contributed by atoms with van der Waals surface area (Å²) in [5.74, 6) is 0.304. The summed E-state index contributed by atoms with van der Waals surface area (Å²) < 4.78 is 6.03. The summed E-state index contributed by atoms with van der Waals surface area (Å²) in [5, 5.41) is 12.2. The van der Waals surface area contributed by atoms with E-state index in [-0.39, 0.29) is 0 Å². The quantitative estimate of drug-likeness (QED) is 0.807. The van der Waals surface area contributed by atoms with E-state index >= 15 is 0 Å². The fourth-order valence-electron chi connectivity index (χ4n) is 1.77. The van der Waals surface area contributed by atoms with Gasteiger partial charge in [0.15, 0.2) is 0 Å². The third kappa shape index (κ3) is 5.20. The lowest BCUT2D eigenvalue weighted by atomic mass is 10.0. The van der Waals surface area contributed by atoms with Crippen molar-refractivity contribution in [2.24, 2.45) is 5.92 Å². The lowest BCUT2D eigenvalue weighted by Crippen LogP contribution is -2.37. The number of carbonyl (C=O) groups is 1. The van der Waals surface area contributed by atoms with E-state index < -0.39 is 12.0 Å². The molecular formula is C14H20BrNO3. The molecule has 0 amide bonds. The first kappa shape index (κ1) is 16.0. The van der Waals surface area contributed by atoms with E-state index in [1.54, 1.807) is 7.11 Å². The Balaban J connectivity index is 2.66. The molecule has 1 aromatic carbocycles. The summed E-state index contributed by atoms with van der Waals surface area (Å²) in [5.41, 5.74) is 1.01. The molecule has 1 aromatic rings. The second-order valence-electron chi connectivity index (χ2n) is 4.86. The standard InChI is InChI=1S/C14H20BrNO3/c1-9(2)6-13(14(17)18)16-8-10-4-5-11(19-3)7-12(10)15/h4-5,7,9,13,16H,6,8H2,1-3H3,(H,17,18)/t13-/m0/s1. The number of carboxylic acid groups (broad SMARTS) is 1. The van der Waals surface area contributed by atoms with Crippen molar-refractivity contribution in [2.75, 3.05) is 7.11 Å². The summed E-state index contributed by atoms with van der Waals surface area (Å²) in [7, 11) is 1.61. The van der Waals surface area contributed by atoms with Gasteiger partial charge in [0, 0.05) is 11.0 Å². The van der Waals surface area contributed by atoms with Crippen molar-refractivity contribution in [3.8, 4) is 5.75 Å². The monoisotopic (exact) mass is 329 g/mol. The Labute approximate surface area is 122 Å². The SMILES string of the molecule is COc1ccc(CN[C@@H](CC(C)C)C(=O)O)c(Br)c1. The largest absolute Gasteiger partial charge is 0.497 e. The molecule has 0 fully saturated rings. The third-order valence-corrected chi connectivity index (χ3v) is 3.54. The Hall–Kier alpha value is -1.07. The Morgan fingerprint density at radius 3 is 2.63 bits per heavy atom. The van der Waals surface area contributed by atoms with Gasteiger partial charge in [0.2, 0.25) is 0 Å². The number of hydrogen-bond donors (Lipinski definition) is 2.